The summed E-state index contributed by atoms with van der Waals surface area (Å²) >= 11 is 0. The summed E-state index contributed by atoms with van der Waals surface area (Å²) in [7, 11) is 2.24. The van der Waals surface area contributed by atoms with Crippen molar-refractivity contribution in [3.8, 4) is 0 Å². The fourth-order valence-corrected chi connectivity index (χ4v) is 1.88. The van der Waals surface area contributed by atoms with Crippen molar-refractivity contribution in [2.24, 2.45) is 0 Å². The van der Waals surface area contributed by atoms with Crippen LogP contribution in [0.3, 0.4) is 0 Å². The van der Waals surface area contributed by atoms with Crippen LogP contribution in [0.1, 0.15) is 27.2 Å². The maximum Gasteiger partial charge on any atom is 0.0218 e. The fraction of sp³-hybridized carbons (Fsp3) is 1.00. The van der Waals surface area contributed by atoms with Gasteiger partial charge in [0.25, 0.3) is 0 Å². The van der Waals surface area contributed by atoms with E-state index in [1.165, 1.54) is 26.1 Å². The molecule has 0 bridgehead atoms. The number of hydrogen-bond acceptors (Lipinski definition) is 2. The summed E-state index contributed by atoms with van der Waals surface area (Å²) < 4.78 is 0. The van der Waals surface area contributed by atoms with E-state index in [9.17, 15) is 0 Å². The molecule has 1 aliphatic heterocycles. The highest BCUT2D eigenvalue weighted by atomic mass is 15.3. The largest absolute Gasteiger partial charge is 0.301 e. The molecule has 1 saturated heterocycles. The Kier molecular flexibility index (Phi) is 3.53. The molecule has 12 heavy (non-hydrogen) atoms. The number of piperazine rings is 1. The molecule has 0 unspecified atom stereocenters. The van der Waals surface area contributed by atoms with E-state index in [4.69, 9.17) is 0 Å². The van der Waals surface area contributed by atoms with E-state index in [-0.39, 0.29) is 0 Å². The van der Waals surface area contributed by atoms with E-state index in [2.05, 4.69) is 37.6 Å². The molecule has 0 N–H and O–H groups in total. The maximum atomic E-state index is 2.58. The van der Waals surface area contributed by atoms with Crippen molar-refractivity contribution in [3.05, 3.63) is 0 Å². The van der Waals surface area contributed by atoms with Crippen LogP contribution >= 0.6 is 0 Å². The lowest BCUT2D eigenvalue weighted by Crippen LogP contribution is -2.53. The van der Waals surface area contributed by atoms with Gasteiger partial charge in [0.15, 0.2) is 0 Å². The highest BCUT2D eigenvalue weighted by Gasteiger charge is 2.23. The van der Waals surface area contributed by atoms with Gasteiger partial charge < -0.3 is 4.90 Å². The van der Waals surface area contributed by atoms with E-state index >= 15 is 0 Å². The Morgan fingerprint density at radius 2 is 2.00 bits per heavy atom. The molecule has 1 heterocycles. The smallest absolute Gasteiger partial charge is 0.0218 e. The minimum atomic E-state index is 0.716. The Balaban J connectivity index is 2.44. The van der Waals surface area contributed by atoms with Crippen LogP contribution in [0.2, 0.25) is 0 Å². The van der Waals surface area contributed by atoms with Gasteiger partial charge in [-0.15, -0.1) is 0 Å². The van der Waals surface area contributed by atoms with Crippen molar-refractivity contribution < 1.29 is 0 Å². The highest BCUT2D eigenvalue weighted by molar-refractivity contribution is 4.80. The van der Waals surface area contributed by atoms with Crippen molar-refractivity contribution in [2.75, 3.05) is 26.7 Å². The zero-order chi connectivity index (χ0) is 9.14. The van der Waals surface area contributed by atoms with Crippen LogP contribution in [-0.2, 0) is 0 Å². The zero-order valence-corrected chi connectivity index (χ0v) is 8.88. The summed E-state index contributed by atoms with van der Waals surface area (Å²) in [5, 5.41) is 0. The van der Waals surface area contributed by atoms with Gasteiger partial charge in [-0.1, -0.05) is 6.92 Å². The lowest BCUT2D eigenvalue weighted by atomic mass is 10.1. The Morgan fingerprint density at radius 3 is 2.50 bits per heavy atom. The second kappa shape index (κ2) is 4.24. The van der Waals surface area contributed by atoms with E-state index in [0.717, 1.165) is 6.04 Å². The number of hydrogen-bond donors (Lipinski definition) is 0. The van der Waals surface area contributed by atoms with Crippen molar-refractivity contribution >= 4 is 0 Å². The van der Waals surface area contributed by atoms with Crippen LogP contribution in [0.5, 0.6) is 0 Å². The summed E-state index contributed by atoms with van der Waals surface area (Å²) in [5.74, 6) is 0. The zero-order valence-electron chi connectivity index (χ0n) is 8.88. The van der Waals surface area contributed by atoms with Crippen LogP contribution in [0.25, 0.3) is 0 Å². The first-order valence-corrected chi connectivity index (χ1v) is 5.09. The molecule has 2 nitrogen and oxygen atoms in total. The van der Waals surface area contributed by atoms with E-state index in [0.29, 0.717) is 6.04 Å². The molecule has 0 aromatic rings. The molecule has 0 amide bonds. The quantitative estimate of drug-likeness (QED) is 0.618. The SMILES string of the molecule is CC[C@@H]1CN(C(C)C)CCN1C. The van der Waals surface area contributed by atoms with Crippen LogP contribution in [0.15, 0.2) is 0 Å². The third-order valence-corrected chi connectivity index (χ3v) is 3.01. The molecular weight excluding hydrogens is 148 g/mol. The Hall–Kier alpha value is -0.0800. The molecule has 72 valence electrons. The first kappa shape index (κ1) is 10.0. The normalized spacial score (nSPS) is 28.2. The van der Waals surface area contributed by atoms with Crippen LogP contribution in [-0.4, -0.2) is 48.6 Å². The molecule has 1 aliphatic rings. The van der Waals surface area contributed by atoms with Crippen molar-refractivity contribution in [3.63, 3.8) is 0 Å². The average molecular weight is 170 g/mol. The minimum Gasteiger partial charge on any atom is -0.301 e. The molecule has 2 heteroatoms. The number of nitrogens with zero attached hydrogens (tertiary/aromatic N) is 2. The van der Waals surface area contributed by atoms with Gasteiger partial charge in [-0.3, -0.25) is 4.90 Å². The first-order valence-electron chi connectivity index (χ1n) is 5.09. The van der Waals surface area contributed by atoms with Crippen molar-refractivity contribution in [2.45, 2.75) is 39.3 Å². The monoisotopic (exact) mass is 170 g/mol. The molecular formula is C10H22N2. The second-order valence-corrected chi connectivity index (χ2v) is 4.13. The molecule has 0 aliphatic carbocycles. The molecule has 0 spiro atoms. The Bertz CT molecular complexity index is 134. The molecule has 0 saturated carbocycles. The average Bonchev–Trinajstić information content (AvgIpc) is 2.05. The van der Waals surface area contributed by atoms with Crippen molar-refractivity contribution in [1.82, 2.24) is 9.80 Å². The molecule has 1 fully saturated rings. The second-order valence-electron chi connectivity index (χ2n) is 4.13. The molecule has 0 radical (unpaired) electrons. The Morgan fingerprint density at radius 1 is 1.33 bits per heavy atom. The third kappa shape index (κ3) is 2.20. The van der Waals surface area contributed by atoms with Crippen LogP contribution in [0.4, 0.5) is 0 Å². The number of likely N-dealkylation sites (N-methyl/N-ethyl adjacent to an activating group) is 1. The van der Waals surface area contributed by atoms with Gasteiger partial charge in [0, 0.05) is 31.7 Å². The van der Waals surface area contributed by atoms with E-state index < -0.39 is 0 Å². The Labute approximate surface area is 76.5 Å². The van der Waals surface area contributed by atoms with Gasteiger partial charge >= 0.3 is 0 Å². The maximum absolute atomic E-state index is 2.58. The molecule has 1 rings (SSSR count). The summed E-state index contributed by atoms with van der Waals surface area (Å²) in [6.45, 7) is 10.6. The van der Waals surface area contributed by atoms with Gasteiger partial charge in [0.2, 0.25) is 0 Å². The summed E-state index contributed by atoms with van der Waals surface area (Å²) in [5.41, 5.74) is 0. The van der Waals surface area contributed by atoms with Gasteiger partial charge in [0.1, 0.15) is 0 Å². The van der Waals surface area contributed by atoms with Gasteiger partial charge in [-0.25, -0.2) is 0 Å². The summed E-state index contributed by atoms with van der Waals surface area (Å²) in [6.07, 6.45) is 1.28. The standard InChI is InChI=1S/C10H22N2/c1-5-10-8-12(9(2)3)7-6-11(10)4/h9-10H,5-8H2,1-4H3/t10-/m1/s1. The van der Waals surface area contributed by atoms with Gasteiger partial charge in [0.05, 0.1) is 0 Å². The molecule has 1 atom stereocenters. The van der Waals surface area contributed by atoms with Gasteiger partial charge in [-0.2, -0.15) is 0 Å². The fourth-order valence-electron chi connectivity index (χ4n) is 1.88. The van der Waals surface area contributed by atoms with Crippen LogP contribution < -0.4 is 0 Å². The first-order chi connectivity index (χ1) is 5.65. The molecule has 0 aromatic carbocycles. The summed E-state index contributed by atoms with van der Waals surface area (Å²) in [6, 6.07) is 1.49. The predicted molar refractivity (Wildman–Crippen MR) is 53.4 cm³/mol. The highest BCUT2D eigenvalue weighted by Crippen LogP contribution is 2.12. The predicted octanol–water partition coefficient (Wildman–Crippen LogP) is 1.42. The number of rotatable bonds is 2. The molecule has 0 aromatic heterocycles. The van der Waals surface area contributed by atoms with Gasteiger partial charge in [-0.05, 0) is 27.3 Å². The lowest BCUT2D eigenvalue weighted by molar-refractivity contribution is 0.0729. The van der Waals surface area contributed by atoms with E-state index in [1.54, 1.807) is 0 Å². The van der Waals surface area contributed by atoms with E-state index in [1.807, 2.05) is 0 Å². The minimum absolute atomic E-state index is 0.716. The topological polar surface area (TPSA) is 6.48 Å². The summed E-state index contributed by atoms with van der Waals surface area (Å²) in [4.78, 5) is 5.06. The van der Waals surface area contributed by atoms with Crippen molar-refractivity contribution in [1.29, 1.82) is 0 Å². The van der Waals surface area contributed by atoms with Crippen LogP contribution in [0, 0.1) is 0 Å². The third-order valence-electron chi connectivity index (χ3n) is 3.01. The lowest BCUT2D eigenvalue weighted by Gasteiger charge is -2.41.